The van der Waals surface area contributed by atoms with Crippen molar-refractivity contribution in [1.29, 1.82) is 0 Å². The number of fused-ring (bicyclic) bond motifs is 1. The van der Waals surface area contributed by atoms with E-state index in [0.29, 0.717) is 43.3 Å². The number of hydrogen-bond acceptors (Lipinski definition) is 9. The summed E-state index contributed by atoms with van der Waals surface area (Å²) in [5, 5.41) is 31.0. The predicted octanol–water partition coefficient (Wildman–Crippen LogP) is 3.17. The first-order chi connectivity index (χ1) is 20.6. The number of nitrogens with zero attached hydrogens (tertiary/aromatic N) is 4. The van der Waals surface area contributed by atoms with Gasteiger partial charge in [0, 0.05) is 50.3 Å². The van der Waals surface area contributed by atoms with Gasteiger partial charge in [0.2, 0.25) is 18.4 Å². The smallest absolute Gasteiger partial charge is 0.308 e. The van der Waals surface area contributed by atoms with Crippen LogP contribution in [0.1, 0.15) is 50.5 Å². The summed E-state index contributed by atoms with van der Waals surface area (Å²) in [7, 11) is 5.59. The molecule has 2 aromatic rings. The molecule has 1 saturated heterocycles. The number of hydrogen-bond donors (Lipinski definition) is 3. The highest BCUT2D eigenvalue weighted by Crippen LogP contribution is 2.47. The molecule has 0 unspecified atom stereocenters. The molecule has 12 nitrogen and oxygen atoms in total. The van der Waals surface area contributed by atoms with E-state index in [-0.39, 0.29) is 37.5 Å². The maximum atomic E-state index is 13.8. The molecule has 3 heterocycles. The molecule has 43 heavy (non-hydrogen) atoms. The Morgan fingerprint density at radius 1 is 1.05 bits per heavy atom. The number of carboxylic acids is 1. The van der Waals surface area contributed by atoms with Gasteiger partial charge in [-0.1, -0.05) is 13.3 Å². The number of ether oxygens (including phenoxy) is 3. The minimum atomic E-state index is -0.978. The first kappa shape index (κ1) is 32.3. The second kappa shape index (κ2) is 14.7. The van der Waals surface area contributed by atoms with Gasteiger partial charge >= 0.3 is 5.97 Å². The van der Waals surface area contributed by atoms with E-state index >= 15 is 0 Å². The highest BCUT2D eigenvalue weighted by molar-refractivity contribution is 5.79. The predicted molar refractivity (Wildman–Crippen MR) is 160 cm³/mol. The van der Waals surface area contributed by atoms with Crippen molar-refractivity contribution in [3.05, 3.63) is 29.8 Å². The zero-order chi connectivity index (χ0) is 31.1. The largest absolute Gasteiger partial charge is 0.494 e. The Kier molecular flexibility index (Phi) is 11.0. The number of carboxylic acid groups (broad SMARTS) is 1. The molecule has 1 aromatic carbocycles. The normalized spacial score (nSPS) is 19.7. The lowest BCUT2D eigenvalue weighted by Gasteiger charge is -2.30. The van der Waals surface area contributed by atoms with Crippen LogP contribution < -0.4 is 14.2 Å². The lowest BCUT2D eigenvalue weighted by molar-refractivity contribution is -0.144. The van der Waals surface area contributed by atoms with Gasteiger partial charge in [0.1, 0.15) is 0 Å². The van der Waals surface area contributed by atoms with Crippen molar-refractivity contribution in [2.75, 3.05) is 60.7 Å². The topological polar surface area (TPSA) is 137 Å². The maximum absolute atomic E-state index is 13.8. The summed E-state index contributed by atoms with van der Waals surface area (Å²) in [4.78, 5) is 32.7. The molecular weight excluding hydrogens is 556 g/mol. The Hall–Kier alpha value is -3.64. The SMILES string of the molecule is CCCCN(CCCCN(C)C)C(=O)CN1C[C@H](c2cc(OC)c3c(c2)OCO3)[C@@H](C(=O)O)[C@@H]1CCn1c(O)ccc1O. The van der Waals surface area contributed by atoms with Gasteiger partial charge < -0.3 is 39.3 Å². The molecular formula is C31H46N4O8. The standard InChI is InChI=1S/C31H46N4O8/c1-5-6-13-33(14-8-7-12-32(2)3)28(38)19-34-18-22(21-16-24(41-4)30-25(17-21)42-20-43-30)29(31(39)40)23(34)11-15-35-26(36)9-10-27(35)37/h9-10,16-17,22-23,29,36-37H,5-8,11-15,18-20H2,1-4H3,(H,39,40)/t22-,23+,29-/m1/s1. The van der Waals surface area contributed by atoms with Gasteiger partial charge in [0.15, 0.2) is 23.3 Å². The van der Waals surface area contributed by atoms with Crippen molar-refractivity contribution in [1.82, 2.24) is 19.3 Å². The Balaban J connectivity index is 1.61. The zero-order valence-electron chi connectivity index (χ0n) is 25.7. The molecule has 12 heteroatoms. The molecule has 1 amide bonds. The summed E-state index contributed by atoms with van der Waals surface area (Å²) in [5.74, 6) is -1.09. The fourth-order valence-electron chi connectivity index (χ4n) is 6.21. The molecule has 0 bridgehead atoms. The third-order valence-corrected chi connectivity index (χ3v) is 8.48. The Labute approximate surface area is 253 Å². The number of aromatic nitrogens is 1. The summed E-state index contributed by atoms with van der Waals surface area (Å²) in [6.45, 7) is 5.01. The van der Waals surface area contributed by atoms with E-state index in [1.807, 2.05) is 23.9 Å². The van der Waals surface area contributed by atoms with Crippen molar-refractivity contribution >= 4 is 11.9 Å². The minimum Gasteiger partial charge on any atom is -0.494 e. The molecule has 1 fully saturated rings. The third kappa shape index (κ3) is 7.66. The molecule has 238 valence electrons. The van der Waals surface area contributed by atoms with E-state index in [4.69, 9.17) is 14.2 Å². The van der Waals surface area contributed by atoms with E-state index in [1.165, 1.54) is 23.8 Å². The Bertz CT molecular complexity index is 1230. The first-order valence-electron chi connectivity index (χ1n) is 15.1. The lowest BCUT2D eigenvalue weighted by Crippen LogP contribution is -2.45. The average molecular weight is 603 g/mol. The second-order valence-corrected chi connectivity index (χ2v) is 11.7. The summed E-state index contributed by atoms with van der Waals surface area (Å²) >= 11 is 0. The van der Waals surface area contributed by atoms with E-state index in [1.54, 1.807) is 12.1 Å². The van der Waals surface area contributed by atoms with Gasteiger partial charge in [0.05, 0.1) is 19.6 Å². The number of rotatable bonds is 16. The zero-order valence-corrected chi connectivity index (χ0v) is 25.7. The maximum Gasteiger partial charge on any atom is 0.308 e. The van der Waals surface area contributed by atoms with Crippen molar-refractivity contribution < 1.29 is 39.1 Å². The third-order valence-electron chi connectivity index (χ3n) is 8.48. The van der Waals surface area contributed by atoms with Gasteiger partial charge in [0.25, 0.3) is 0 Å². The van der Waals surface area contributed by atoms with Crippen molar-refractivity contribution in [3.63, 3.8) is 0 Å². The molecule has 2 aliphatic rings. The number of carbonyl (C=O) groups excluding carboxylic acids is 1. The number of carbonyl (C=O) groups is 2. The van der Waals surface area contributed by atoms with Crippen molar-refractivity contribution in [2.24, 2.45) is 5.92 Å². The number of likely N-dealkylation sites (tertiary alicyclic amines) is 1. The van der Waals surface area contributed by atoms with Crippen LogP contribution in [0.15, 0.2) is 24.3 Å². The fourth-order valence-corrected chi connectivity index (χ4v) is 6.21. The van der Waals surface area contributed by atoms with Crippen LogP contribution in [0.3, 0.4) is 0 Å². The van der Waals surface area contributed by atoms with Crippen molar-refractivity contribution in [2.45, 2.75) is 57.5 Å². The molecule has 4 rings (SSSR count). The fraction of sp³-hybridized carbons (Fsp3) is 0.613. The summed E-state index contributed by atoms with van der Waals surface area (Å²) in [6, 6.07) is 5.84. The Morgan fingerprint density at radius 2 is 1.74 bits per heavy atom. The monoisotopic (exact) mass is 602 g/mol. The van der Waals surface area contributed by atoms with Gasteiger partial charge in [-0.05, 0) is 64.0 Å². The van der Waals surface area contributed by atoms with Crippen LogP contribution in [-0.2, 0) is 16.1 Å². The number of benzene rings is 1. The second-order valence-electron chi connectivity index (χ2n) is 11.7. The van der Waals surface area contributed by atoms with Gasteiger partial charge in [-0.25, -0.2) is 0 Å². The summed E-state index contributed by atoms with van der Waals surface area (Å²) < 4.78 is 18.0. The van der Waals surface area contributed by atoms with E-state index in [0.717, 1.165) is 37.8 Å². The average Bonchev–Trinajstić information content (AvgIpc) is 3.68. The summed E-state index contributed by atoms with van der Waals surface area (Å²) in [5.41, 5.74) is 0.728. The van der Waals surface area contributed by atoms with Crippen LogP contribution in [0.5, 0.6) is 29.0 Å². The number of unbranched alkanes of at least 4 members (excludes halogenated alkanes) is 2. The number of methoxy groups -OCH3 is 1. The number of amides is 1. The molecule has 0 radical (unpaired) electrons. The molecule has 0 saturated carbocycles. The van der Waals surface area contributed by atoms with Crippen LogP contribution in [0, 0.1) is 5.92 Å². The first-order valence-corrected chi connectivity index (χ1v) is 15.1. The van der Waals surface area contributed by atoms with Crippen LogP contribution in [-0.4, -0.2) is 113 Å². The van der Waals surface area contributed by atoms with Crippen molar-refractivity contribution in [3.8, 4) is 29.0 Å². The Morgan fingerprint density at radius 3 is 2.40 bits per heavy atom. The van der Waals surface area contributed by atoms with Crippen LogP contribution in [0.25, 0.3) is 0 Å². The minimum absolute atomic E-state index is 0.0250. The lowest BCUT2D eigenvalue weighted by atomic mass is 9.84. The van der Waals surface area contributed by atoms with Gasteiger partial charge in [-0.15, -0.1) is 0 Å². The highest BCUT2D eigenvalue weighted by atomic mass is 16.7. The molecule has 1 aromatic heterocycles. The van der Waals surface area contributed by atoms with E-state index in [2.05, 4.69) is 11.8 Å². The molecule has 3 atom stereocenters. The molecule has 3 N–H and O–H groups in total. The molecule has 0 spiro atoms. The highest BCUT2D eigenvalue weighted by Gasteiger charge is 2.47. The molecule has 2 aliphatic heterocycles. The number of aromatic hydroxyl groups is 2. The van der Waals surface area contributed by atoms with Gasteiger partial charge in [-0.3, -0.25) is 19.1 Å². The van der Waals surface area contributed by atoms with E-state index in [9.17, 15) is 24.9 Å². The summed E-state index contributed by atoms with van der Waals surface area (Å²) in [6.07, 6.45) is 4.03. The van der Waals surface area contributed by atoms with Gasteiger partial charge in [-0.2, -0.15) is 0 Å². The van der Waals surface area contributed by atoms with Crippen LogP contribution in [0.4, 0.5) is 0 Å². The quantitative estimate of drug-likeness (QED) is 0.246. The van der Waals surface area contributed by atoms with E-state index < -0.39 is 23.8 Å². The molecule has 0 aliphatic carbocycles. The van der Waals surface area contributed by atoms with Crippen LogP contribution in [0.2, 0.25) is 0 Å². The van der Waals surface area contributed by atoms with Crippen LogP contribution >= 0.6 is 0 Å². The number of aliphatic carboxylic acids is 1.